The predicted molar refractivity (Wildman–Crippen MR) is 204 cm³/mol. The van der Waals surface area contributed by atoms with Gasteiger partial charge < -0.3 is 25.0 Å². The largest absolute Gasteiger partial charge is 0.508 e. The van der Waals surface area contributed by atoms with E-state index in [0.717, 1.165) is 28.9 Å². The minimum atomic E-state index is -0.996. The molecule has 3 rings (SSSR count). The highest BCUT2D eigenvalue weighted by Crippen LogP contribution is 2.31. The van der Waals surface area contributed by atoms with Crippen LogP contribution in [0.3, 0.4) is 0 Å². The molecule has 0 saturated heterocycles. The molecule has 0 fully saturated rings. The number of ether oxygens (including phenoxy) is 2. The first kappa shape index (κ1) is 44.5. The molecule has 3 N–H and O–H groups in total. The molecular weight excluding hydrogens is 733 g/mol. The van der Waals surface area contributed by atoms with Crippen LogP contribution in [0.2, 0.25) is 0 Å². The van der Waals surface area contributed by atoms with Gasteiger partial charge in [-0.25, -0.2) is 10.0 Å². The molecule has 0 bridgehead atoms. The maximum Gasteiger partial charge on any atom is 0.306 e. The minimum Gasteiger partial charge on any atom is -0.508 e. The highest BCUT2D eigenvalue weighted by molar-refractivity contribution is 7.09. The van der Waals surface area contributed by atoms with Crippen LogP contribution in [0.5, 0.6) is 5.75 Å². The van der Waals surface area contributed by atoms with E-state index in [1.807, 2.05) is 20.8 Å². The van der Waals surface area contributed by atoms with Gasteiger partial charge in [-0.15, -0.1) is 11.3 Å². The standard InChI is InChI=1S/C39H52N4O11S/c1-6-7-9-36(46)42(53-19-8-18-52-23-29-10-14-31(15-11-29)43(50)51)34(25(2)3)22-35(54-27(5)44)38-41-33(24-55-38)37(47)40-30(20-26(4)39(48)49)21-28-12-16-32(45)17-13-28/h10-17,24-26,30,34-35,45H,6-9,18-23H2,1-5H3,(H,40,47)(H,48,49). The van der Waals surface area contributed by atoms with E-state index in [-0.39, 0.29) is 61.4 Å². The number of phenolic OH excluding ortho intramolecular Hbond substituents is 1. The number of non-ortho nitro benzene ring substituents is 1. The van der Waals surface area contributed by atoms with Crippen molar-refractivity contribution < 1.29 is 48.6 Å². The molecule has 2 aromatic carbocycles. The number of carbonyl (C=O) groups is 4. The Morgan fingerprint density at radius 1 is 0.982 bits per heavy atom. The summed E-state index contributed by atoms with van der Waals surface area (Å²) < 4.78 is 11.5. The fourth-order valence-electron chi connectivity index (χ4n) is 5.71. The summed E-state index contributed by atoms with van der Waals surface area (Å²) in [5.41, 5.74) is 1.64. The topological polar surface area (TPSA) is 208 Å². The van der Waals surface area contributed by atoms with Gasteiger partial charge in [0.25, 0.3) is 11.6 Å². The van der Waals surface area contributed by atoms with Gasteiger partial charge >= 0.3 is 11.9 Å². The second-order valence-corrected chi connectivity index (χ2v) is 14.6. The zero-order valence-corrected chi connectivity index (χ0v) is 32.8. The number of carbonyl (C=O) groups excluding carboxylic acids is 3. The van der Waals surface area contributed by atoms with Gasteiger partial charge in [-0.3, -0.25) is 34.1 Å². The molecule has 0 saturated carbocycles. The highest BCUT2D eigenvalue weighted by atomic mass is 32.1. The van der Waals surface area contributed by atoms with Gasteiger partial charge in [0.05, 0.1) is 30.1 Å². The Hall–Kier alpha value is -4.93. The summed E-state index contributed by atoms with van der Waals surface area (Å²) >= 11 is 1.13. The number of rotatable bonds is 24. The lowest BCUT2D eigenvalue weighted by Gasteiger charge is -2.35. The number of hydrogen-bond donors (Lipinski definition) is 3. The van der Waals surface area contributed by atoms with E-state index in [1.54, 1.807) is 36.6 Å². The number of carboxylic acids is 1. The number of aliphatic carboxylic acids is 1. The van der Waals surface area contributed by atoms with E-state index >= 15 is 0 Å². The number of aromatic hydroxyl groups is 1. The van der Waals surface area contributed by atoms with E-state index in [4.69, 9.17) is 14.3 Å². The van der Waals surface area contributed by atoms with E-state index in [0.29, 0.717) is 30.9 Å². The molecule has 1 heterocycles. The summed E-state index contributed by atoms with van der Waals surface area (Å²) in [5.74, 6) is -3.10. The Morgan fingerprint density at radius 3 is 2.25 bits per heavy atom. The first-order valence-corrected chi connectivity index (χ1v) is 19.3. The summed E-state index contributed by atoms with van der Waals surface area (Å²) in [6, 6.07) is 11.4. The van der Waals surface area contributed by atoms with Gasteiger partial charge in [0.15, 0.2) is 6.10 Å². The highest BCUT2D eigenvalue weighted by Gasteiger charge is 2.33. The molecule has 1 aromatic heterocycles. The number of hydroxylamine groups is 2. The number of nitrogens with zero attached hydrogens (tertiary/aromatic N) is 3. The summed E-state index contributed by atoms with van der Waals surface area (Å²) in [6.45, 7) is 9.40. The SMILES string of the molecule is CCCCC(=O)N(OCCCOCc1ccc([N+](=O)[O-])cc1)C(CC(OC(C)=O)c1nc(C(=O)NC(Cc2ccc(O)cc2)CC(C)C(=O)O)cs1)C(C)C. The predicted octanol–water partition coefficient (Wildman–Crippen LogP) is 6.79. The maximum absolute atomic E-state index is 13.5. The first-order chi connectivity index (χ1) is 26.2. The fraction of sp³-hybridized carbons (Fsp3) is 0.513. The molecule has 300 valence electrons. The summed E-state index contributed by atoms with van der Waals surface area (Å²) in [7, 11) is 0. The lowest BCUT2D eigenvalue weighted by atomic mass is 9.96. The quantitative estimate of drug-likeness (QED) is 0.0372. The van der Waals surface area contributed by atoms with Crippen molar-refractivity contribution in [2.24, 2.45) is 11.8 Å². The number of nitro benzene ring substituents is 1. The summed E-state index contributed by atoms with van der Waals surface area (Å²) in [5, 5.41) is 36.3. The lowest BCUT2D eigenvalue weighted by Crippen LogP contribution is -2.44. The first-order valence-electron chi connectivity index (χ1n) is 18.4. The third kappa shape index (κ3) is 15.0. The molecule has 16 heteroatoms. The number of thiazole rings is 1. The monoisotopic (exact) mass is 784 g/mol. The van der Waals surface area contributed by atoms with Crippen molar-refractivity contribution >= 4 is 40.8 Å². The van der Waals surface area contributed by atoms with Crippen molar-refractivity contribution in [3.8, 4) is 5.75 Å². The number of nitrogens with one attached hydrogen (secondary N) is 1. The molecule has 0 aliphatic rings. The molecular formula is C39H52N4O11S. The van der Waals surface area contributed by atoms with Gasteiger partial charge in [0.1, 0.15) is 16.5 Å². The number of aromatic nitrogens is 1. The Morgan fingerprint density at radius 2 is 1.65 bits per heavy atom. The zero-order valence-electron chi connectivity index (χ0n) is 32.0. The molecule has 4 atom stereocenters. The molecule has 55 heavy (non-hydrogen) atoms. The van der Waals surface area contributed by atoms with E-state index in [1.165, 1.54) is 36.3 Å². The zero-order chi connectivity index (χ0) is 40.5. The van der Waals surface area contributed by atoms with Crippen LogP contribution < -0.4 is 5.32 Å². The Bertz CT molecular complexity index is 1700. The van der Waals surface area contributed by atoms with Crippen LogP contribution in [-0.2, 0) is 41.7 Å². The van der Waals surface area contributed by atoms with Gasteiger partial charge in [-0.2, -0.15) is 0 Å². The second-order valence-electron chi connectivity index (χ2n) is 13.7. The average Bonchev–Trinajstić information content (AvgIpc) is 3.64. The molecule has 15 nitrogen and oxygen atoms in total. The molecule has 0 aliphatic carbocycles. The van der Waals surface area contributed by atoms with Crippen LogP contribution in [0.4, 0.5) is 5.69 Å². The van der Waals surface area contributed by atoms with E-state index in [9.17, 15) is 39.5 Å². The number of carboxylic acid groups (broad SMARTS) is 1. The fourth-order valence-corrected chi connectivity index (χ4v) is 6.55. The van der Waals surface area contributed by atoms with Crippen molar-refractivity contribution in [1.82, 2.24) is 15.4 Å². The van der Waals surface area contributed by atoms with Crippen molar-refractivity contribution in [3.05, 3.63) is 85.9 Å². The lowest BCUT2D eigenvalue weighted by molar-refractivity contribution is -0.384. The van der Waals surface area contributed by atoms with Crippen LogP contribution in [-0.4, -0.2) is 74.2 Å². The smallest absolute Gasteiger partial charge is 0.306 e. The van der Waals surface area contributed by atoms with Crippen molar-refractivity contribution in [2.75, 3.05) is 13.2 Å². The number of nitro groups is 1. The number of amides is 2. The number of phenols is 1. The van der Waals surface area contributed by atoms with E-state index in [2.05, 4.69) is 10.3 Å². The number of unbranched alkanes of at least 4 members (excludes halogenated alkanes) is 1. The van der Waals surface area contributed by atoms with Crippen molar-refractivity contribution in [2.45, 2.75) is 104 Å². The minimum absolute atomic E-state index is 0.00240. The Balaban J connectivity index is 1.73. The van der Waals surface area contributed by atoms with Crippen LogP contribution in [0, 0.1) is 22.0 Å². The molecule has 2 amide bonds. The van der Waals surface area contributed by atoms with Crippen LogP contribution in [0.1, 0.15) is 106 Å². The molecule has 0 radical (unpaired) electrons. The van der Waals surface area contributed by atoms with Gasteiger partial charge in [0, 0.05) is 49.9 Å². The maximum atomic E-state index is 13.5. The van der Waals surface area contributed by atoms with Crippen LogP contribution in [0.15, 0.2) is 53.9 Å². The van der Waals surface area contributed by atoms with Gasteiger partial charge in [0.2, 0.25) is 5.91 Å². The molecule has 4 unspecified atom stereocenters. The van der Waals surface area contributed by atoms with Crippen LogP contribution >= 0.6 is 11.3 Å². The molecule has 3 aromatic rings. The second kappa shape index (κ2) is 22.4. The summed E-state index contributed by atoms with van der Waals surface area (Å²) in [4.78, 5) is 72.1. The average molecular weight is 785 g/mol. The van der Waals surface area contributed by atoms with Gasteiger partial charge in [-0.1, -0.05) is 46.2 Å². The number of benzene rings is 2. The van der Waals surface area contributed by atoms with Crippen molar-refractivity contribution in [3.63, 3.8) is 0 Å². The Kier molecular flexibility index (Phi) is 18.1. The molecule has 0 spiro atoms. The Labute approximate surface area is 325 Å². The summed E-state index contributed by atoms with van der Waals surface area (Å²) in [6.07, 6.45) is 1.85. The van der Waals surface area contributed by atoms with Crippen LogP contribution in [0.25, 0.3) is 0 Å². The van der Waals surface area contributed by atoms with Gasteiger partial charge in [-0.05, 0) is 67.0 Å². The third-order valence-corrected chi connectivity index (χ3v) is 9.68. The van der Waals surface area contributed by atoms with Crippen molar-refractivity contribution in [1.29, 1.82) is 0 Å². The third-order valence-electron chi connectivity index (χ3n) is 8.75. The van der Waals surface area contributed by atoms with E-state index < -0.39 is 46.9 Å². The number of esters is 1. The normalized spacial score (nSPS) is 13.4. The molecule has 0 aliphatic heterocycles. The number of hydrogen-bond acceptors (Lipinski definition) is 12.